The van der Waals surface area contributed by atoms with Crippen LogP contribution in [-0.4, -0.2) is 33.1 Å². The summed E-state index contributed by atoms with van der Waals surface area (Å²) in [6, 6.07) is 7.15. The molecule has 0 aliphatic heterocycles. The average Bonchev–Trinajstić information content (AvgIpc) is 2.26. The molecule has 0 amide bonds. The molecular weight excluding hydrogens is 297 g/mol. The number of carbonyl (C=O) groups excluding carboxylic acids is 1. The SMILES string of the molecule is CC(C)(C)OC(=O)COc1ccc([Se]C#N)cc1. The molecule has 0 heterocycles. The summed E-state index contributed by atoms with van der Waals surface area (Å²) in [4.78, 5) is 13.5. The van der Waals surface area contributed by atoms with Crippen LogP contribution in [0.4, 0.5) is 0 Å². The molecule has 0 unspecified atom stereocenters. The molecule has 0 saturated carbocycles. The molecule has 5 heteroatoms. The van der Waals surface area contributed by atoms with Crippen molar-refractivity contribution < 1.29 is 14.3 Å². The van der Waals surface area contributed by atoms with E-state index in [2.05, 4.69) is 4.97 Å². The number of hydrogen-bond donors (Lipinski definition) is 0. The van der Waals surface area contributed by atoms with Crippen LogP contribution in [0.1, 0.15) is 20.8 Å². The van der Waals surface area contributed by atoms with Crippen molar-refractivity contribution in [3.8, 4) is 10.7 Å². The quantitative estimate of drug-likeness (QED) is 0.619. The number of benzene rings is 1. The third kappa shape index (κ3) is 5.72. The molecule has 0 atom stereocenters. The second-order valence-corrected chi connectivity index (χ2v) is 6.34. The fourth-order valence-electron chi connectivity index (χ4n) is 1.17. The molecule has 0 spiro atoms. The summed E-state index contributed by atoms with van der Waals surface area (Å²) in [6.45, 7) is 5.32. The maximum absolute atomic E-state index is 11.4. The topological polar surface area (TPSA) is 59.3 Å². The third-order valence-electron chi connectivity index (χ3n) is 1.76. The van der Waals surface area contributed by atoms with Gasteiger partial charge in [-0.1, -0.05) is 0 Å². The molecule has 0 radical (unpaired) electrons. The number of rotatable bonds is 4. The molecule has 0 N–H and O–H groups in total. The fraction of sp³-hybridized carbons (Fsp3) is 0.385. The molecule has 1 rings (SSSR count). The van der Waals surface area contributed by atoms with Gasteiger partial charge in [0, 0.05) is 0 Å². The van der Waals surface area contributed by atoms with Gasteiger partial charge in [-0.2, -0.15) is 0 Å². The van der Waals surface area contributed by atoms with E-state index in [-0.39, 0.29) is 21.6 Å². The van der Waals surface area contributed by atoms with Gasteiger partial charge in [-0.15, -0.1) is 0 Å². The zero-order chi connectivity index (χ0) is 13.6. The molecule has 0 fully saturated rings. The van der Waals surface area contributed by atoms with Crippen LogP contribution < -0.4 is 9.20 Å². The second-order valence-electron chi connectivity index (χ2n) is 4.54. The first-order valence-corrected chi connectivity index (χ1v) is 7.13. The van der Waals surface area contributed by atoms with Crippen LogP contribution in [-0.2, 0) is 9.53 Å². The number of ether oxygens (including phenoxy) is 2. The van der Waals surface area contributed by atoms with E-state index < -0.39 is 11.6 Å². The minimum absolute atomic E-state index is 0.111. The van der Waals surface area contributed by atoms with Crippen molar-refractivity contribution in [3.63, 3.8) is 0 Å². The maximum atomic E-state index is 11.4. The summed E-state index contributed by atoms with van der Waals surface area (Å²) in [7, 11) is 0. The van der Waals surface area contributed by atoms with E-state index >= 15 is 0 Å². The molecule has 0 aliphatic carbocycles. The Morgan fingerprint density at radius 2 is 1.94 bits per heavy atom. The van der Waals surface area contributed by atoms with Crippen LogP contribution in [0.2, 0.25) is 0 Å². The van der Waals surface area contributed by atoms with Crippen molar-refractivity contribution >= 4 is 25.4 Å². The summed E-state index contributed by atoms with van der Waals surface area (Å²) >= 11 is -0.163. The van der Waals surface area contributed by atoms with Crippen molar-refractivity contribution in [1.29, 1.82) is 5.26 Å². The number of carbonyl (C=O) groups is 1. The van der Waals surface area contributed by atoms with Crippen LogP contribution in [0.25, 0.3) is 0 Å². The molecule has 4 nitrogen and oxygen atoms in total. The first-order valence-electron chi connectivity index (χ1n) is 5.41. The van der Waals surface area contributed by atoms with Gasteiger partial charge in [-0.3, -0.25) is 0 Å². The van der Waals surface area contributed by atoms with Gasteiger partial charge in [0.1, 0.15) is 0 Å². The fourth-order valence-corrected chi connectivity index (χ4v) is 1.96. The summed E-state index contributed by atoms with van der Waals surface area (Å²) in [5, 5.41) is 8.56. The number of nitrogens with zero attached hydrogens (tertiary/aromatic N) is 1. The zero-order valence-corrected chi connectivity index (χ0v) is 12.3. The number of hydrogen-bond acceptors (Lipinski definition) is 4. The van der Waals surface area contributed by atoms with Crippen LogP contribution in [0.3, 0.4) is 0 Å². The van der Waals surface area contributed by atoms with Gasteiger partial charge in [0.05, 0.1) is 0 Å². The van der Waals surface area contributed by atoms with E-state index in [1.165, 1.54) is 0 Å². The summed E-state index contributed by atoms with van der Waals surface area (Å²) in [6.07, 6.45) is 0. The van der Waals surface area contributed by atoms with Gasteiger partial charge < -0.3 is 0 Å². The van der Waals surface area contributed by atoms with E-state index in [1.807, 2.05) is 32.9 Å². The molecule has 1 aromatic carbocycles. The Balaban J connectivity index is 2.44. The first-order chi connectivity index (χ1) is 8.40. The molecule has 18 heavy (non-hydrogen) atoms. The van der Waals surface area contributed by atoms with E-state index in [1.54, 1.807) is 12.1 Å². The van der Waals surface area contributed by atoms with Gasteiger partial charge in [0.25, 0.3) is 0 Å². The van der Waals surface area contributed by atoms with Crippen molar-refractivity contribution in [1.82, 2.24) is 0 Å². The Labute approximate surface area is 113 Å². The van der Waals surface area contributed by atoms with Gasteiger partial charge in [0.2, 0.25) is 0 Å². The summed E-state index contributed by atoms with van der Waals surface area (Å²) in [5.74, 6) is 0.200. The average molecular weight is 312 g/mol. The van der Waals surface area contributed by atoms with Crippen LogP contribution in [0.5, 0.6) is 5.75 Å². The Morgan fingerprint density at radius 1 is 1.33 bits per heavy atom. The van der Waals surface area contributed by atoms with Crippen LogP contribution >= 0.6 is 0 Å². The van der Waals surface area contributed by atoms with Gasteiger partial charge >= 0.3 is 113 Å². The third-order valence-corrected chi connectivity index (χ3v) is 3.02. The Bertz CT molecular complexity index is 443. The van der Waals surface area contributed by atoms with Gasteiger partial charge in [0.15, 0.2) is 0 Å². The van der Waals surface area contributed by atoms with Crippen molar-refractivity contribution in [2.24, 2.45) is 0 Å². The molecule has 1 aromatic rings. The summed E-state index contributed by atoms with van der Waals surface area (Å²) < 4.78 is 11.4. The molecule has 96 valence electrons. The monoisotopic (exact) mass is 313 g/mol. The van der Waals surface area contributed by atoms with Crippen molar-refractivity contribution in [2.75, 3.05) is 6.61 Å². The van der Waals surface area contributed by atoms with E-state index in [9.17, 15) is 4.79 Å². The van der Waals surface area contributed by atoms with E-state index in [4.69, 9.17) is 14.7 Å². The molecule has 0 aliphatic rings. The molecule has 0 aromatic heterocycles. The normalized spacial score (nSPS) is 10.6. The molecule has 0 bridgehead atoms. The standard InChI is InChI=1S/C13H15NO3Se/c1-13(2,3)17-12(15)8-16-10-4-6-11(7-5-10)18-9-14/h4-7H,8H2,1-3H3. The Kier molecular flexibility index (Phi) is 5.21. The van der Waals surface area contributed by atoms with Crippen LogP contribution in [0.15, 0.2) is 24.3 Å². The first kappa shape index (κ1) is 14.6. The second kappa shape index (κ2) is 6.44. The van der Waals surface area contributed by atoms with E-state index in [0.29, 0.717) is 5.75 Å². The van der Waals surface area contributed by atoms with Gasteiger partial charge in [-0.05, 0) is 0 Å². The Morgan fingerprint density at radius 3 is 2.44 bits per heavy atom. The van der Waals surface area contributed by atoms with E-state index in [0.717, 1.165) is 4.46 Å². The predicted molar refractivity (Wildman–Crippen MR) is 68.8 cm³/mol. The summed E-state index contributed by atoms with van der Waals surface area (Å²) in [5.41, 5.74) is -0.500. The van der Waals surface area contributed by atoms with Crippen molar-refractivity contribution in [3.05, 3.63) is 24.3 Å². The molecule has 0 saturated heterocycles. The molecular formula is C13H15NO3Se. The number of esters is 1. The number of nitriles is 1. The van der Waals surface area contributed by atoms with Gasteiger partial charge in [-0.25, -0.2) is 0 Å². The van der Waals surface area contributed by atoms with Crippen LogP contribution in [0, 0.1) is 10.2 Å². The zero-order valence-electron chi connectivity index (χ0n) is 10.6. The predicted octanol–water partition coefficient (Wildman–Crippen LogP) is 1.22. The Hall–Kier alpha value is -1.50. The minimum atomic E-state index is -0.500. The van der Waals surface area contributed by atoms with Crippen molar-refractivity contribution in [2.45, 2.75) is 26.4 Å².